The third-order valence-corrected chi connectivity index (χ3v) is 4.27. The molecule has 1 aromatic rings. The highest BCUT2D eigenvalue weighted by molar-refractivity contribution is 9.10. The molecule has 1 fully saturated rings. The number of nitrogens with two attached hydrogens (primary N) is 1. The van der Waals surface area contributed by atoms with Crippen molar-refractivity contribution in [2.24, 2.45) is 0 Å². The Hall–Kier alpha value is -0.740. The minimum atomic E-state index is -0.148. The summed E-state index contributed by atoms with van der Waals surface area (Å²) in [6.07, 6.45) is 4.41. The highest BCUT2D eigenvalue weighted by Gasteiger charge is 2.33. The van der Waals surface area contributed by atoms with Gasteiger partial charge in [-0.05, 0) is 53.4 Å². The number of aryl methyl sites for hydroxylation is 1. The van der Waals surface area contributed by atoms with Gasteiger partial charge in [0, 0.05) is 15.8 Å². The maximum absolute atomic E-state index is 9.59. The highest BCUT2D eigenvalue weighted by Crippen LogP contribution is 2.36. The number of nitrogen functional groups attached to an aromatic ring is 1. The number of hydrogen-bond acceptors (Lipinski definition) is 3. The summed E-state index contributed by atoms with van der Waals surface area (Å²) in [4.78, 5) is 0. The number of nitrogens with one attached hydrogen (secondary N) is 1. The van der Waals surface area contributed by atoms with Crippen molar-refractivity contribution in [2.75, 3.05) is 17.7 Å². The van der Waals surface area contributed by atoms with E-state index in [1.165, 1.54) is 12.8 Å². The summed E-state index contributed by atoms with van der Waals surface area (Å²) < 4.78 is 0.959. The molecule has 0 unspecified atom stereocenters. The summed E-state index contributed by atoms with van der Waals surface area (Å²) in [7, 11) is 0. The van der Waals surface area contributed by atoms with Crippen LogP contribution < -0.4 is 11.1 Å². The smallest absolute Gasteiger partial charge is 0.0661 e. The lowest BCUT2D eigenvalue weighted by molar-refractivity contribution is 0.214. The first-order valence-electron chi connectivity index (χ1n) is 6.01. The van der Waals surface area contributed by atoms with Gasteiger partial charge in [-0.2, -0.15) is 0 Å². The SMILES string of the molecule is Cc1cc(NC2(CO)CCCC2)c(Br)cc1N. The average molecular weight is 299 g/mol. The van der Waals surface area contributed by atoms with Crippen molar-refractivity contribution in [1.29, 1.82) is 0 Å². The summed E-state index contributed by atoms with van der Waals surface area (Å²) >= 11 is 3.52. The van der Waals surface area contributed by atoms with E-state index in [4.69, 9.17) is 5.73 Å². The molecule has 0 aliphatic heterocycles. The second-order valence-electron chi connectivity index (χ2n) is 4.96. The fraction of sp³-hybridized carbons (Fsp3) is 0.538. The first-order chi connectivity index (χ1) is 8.06. The van der Waals surface area contributed by atoms with Crippen LogP contribution >= 0.6 is 15.9 Å². The van der Waals surface area contributed by atoms with Crippen molar-refractivity contribution in [3.63, 3.8) is 0 Å². The van der Waals surface area contributed by atoms with Gasteiger partial charge in [-0.1, -0.05) is 12.8 Å². The van der Waals surface area contributed by atoms with Gasteiger partial charge in [0.2, 0.25) is 0 Å². The molecule has 0 radical (unpaired) electrons. The number of rotatable bonds is 3. The molecule has 17 heavy (non-hydrogen) atoms. The Bertz CT molecular complexity index is 414. The molecule has 0 heterocycles. The lowest BCUT2D eigenvalue weighted by Crippen LogP contribution is -2.39. The Morgan fingerprint density at radius 3 is 2.65 bits per heavy atom. The molecule has 1 aromatic carbocycles. The minimum absolute atomic E-state index is 0.148. The predicted molar refractivity (Wildman–Crippen MR) is 75.2 cm³/mol. The van der Waals surface area contributed by atoms with Gasteiger partial charge in [-0.15, -0.1) is 0 Å². The molecule has 2 rings (SSSR count). The molecule has 4 heteroatoms. The van der Waals surface area contributed by atoms with Crippen molar-refractivity contribution in [1.82, 2.24) is 0 Å². The summed E-state index contributed by atoms with van der Waals surface area (Å²) in [5.41, 5.74) is 8.57. The molecule has 0 atom stereocenters. The van der Waals surface area contributed by atoms with Crippen molar-refractivity contribution >= 4 is 27.3 Å². The Balaban J connectivity index is 2.26. The first kappa shape index (κ1) is 12.7. The fourth-order valence-electron chi connectivity index (χ4n) is 2.45. The predicted octanol–water partition coefficient (Wildman–Crippen LogP) is 3.06. The molecule has 0 aromatic heterocycles. The summed E-state index contributed by atoms with van der Waals surface area (Å²) in [5.74, 6) is 0. The van der Waals surface area contributed by atoms with Crippen LogP contribution in [0.25, 0.3) is 0 Å². The summed E-state index contributed by atoms with van der Waals surface area (Å²) in [6, 6.07) is 3.95. The third kappa shape index (κ3) is 2.58. The lowest BCUT2D eigenvalue weighted by Gasteiger charge is -2.30. The second kappa shape index (κ2) is 4.86. The third-order valence-electron chi connectivity index (χ3n) is 3.62. The van der Waals surface area contributed by atoms with Gasteiger partial charge in [0.1, 0.15) is 0 Å². The number of aliphatic hydroxyl groups is 1. The minimum Gasteiger partial charge on any atom is -0.398 e. The fourth-order valence-corrected chi connectivity index (χ4v) is 2.91. The van der Waals surface area contributed by atoms with E-state index in [9.17, 15) is 5.11 Å². The molecular weight excluding hydrogens is 280 g/mol. The van der Waals surface area contributed by atoms with E-state index in [2.05, 4.69) is 21.2 Å². The Labute approximate surface area is 111 Å². The lowest BCUT2D eigenvalue weighted by atomic mass is 9.98. The van der Waals surface area contributed by atoms with Gasteiger partial charge >= 0.3 is 0 Å². The number of anilines is 2. The average Bonchev–Trinajstić information content (AvgIpc) is 2.75. The molecule has 1 saturated carbocycles. The van der Waals surface area contributed by atoms with Gasteiger partial charge in [0.25, 0.3) is 0 Å². The van der Waals surface area contributed by atoms with Crippen LogP contribution in [0.15, 0.2) is 16.6 Å². The van der Waals surface area contributed by atoms with E-state index in [-0.39, 0.29) is 12.1 Å². The molecule has 0 saturated heterocycles. The quantitative estimate of drug-likeness (QED) is 0.752. The number of aliphatic hydroxyl groups excluding tert-OH is 1. The van der Waals surface area contributed by atoms with E-state index < -0.39 is 0 Å². The van der Waals surface area contributed by atoms with E-state index in [1.807, 2.05) is 19.1 Å². The monoisotopic (exact) mass is 298 g/mol. The normalized spacial score (nSPS) is 18.3. The van der Waals surface area contributed by atoms with Gasteiger partial charge in [0.15, 0.2) is 0 Å². The molecule has 0 amide bonds. The van der Waals surface area contributed by atoms with E-state index in [0.717, 1.165) is 34.3 Å². The standard InChI is InChI=1S/C13H19BrN2O/c1-9-6-12(10(14)7-11(9)15)16-13(8-17)4-2-3-5-13/h6-7,16-17H,2-5,8,15H2,1H3. The van der Waals surface area contributed by atoms with Gasteiger partial charge in [0.05, 0.1) is 12.1 Å². The van der Waals surface area contributed by atoms with Crippen molar-refractivity contribution < 1.29 is 5.11 Å². The molecule has 94 valence electrons. The summed E-state index contributed by atoms with van der Waals surface area (Å²) in [5, 5.41) is 13.1. The van der Waals surface area contributed by atoms with Crippen LogP contribution in [0, 0.1) is 6.92 Å². The molecule has 0 spiro atoms. The maximum atomic E-state index is 9.59. The van der Waals surface area contributed by atoms with Crippen molar-refractivity contribution in [2.45, 2.75) is 38.1 Å². The van der Waals surface area contributed by atoms with Crippen LogP contribution in [-0.4, -0.2) is 17.3 Å². The zero-order chi connectivity index (χ0) is 12.5. The second-order valence-corrected chi connectivity index (χ2v) is 5.81. The molecular formula is C13H19BrN2O. The Morgan fingerprint density at radius 2 is 2.06 bits per heavy atom. The van der Waals surface area contributed by atoms with Crippen molar-refractivity contribution in [3.05, 3.63) is 22.2 Å². The van der Waals surface area contributed by atoms with Crippen molar-refractivity contribution in [3.8, 4) is 0 Å². The maximum Gasteiger partial charge on any atom is 0.0661 e. The zero-order valence-corrected chi connectivity index (χ0v) is 11.7. The van der Waals surface area contributed by atoms with Crippen LogP contribution in [0.3, 0.4) is 0 Å². The van der Waals surface area contributed by atoms with Crippen LogP contribution in [0.2, 0.25) is 0 Å². The molecule has 1 aliphatic rings. The first-order valence-corrected chi connectivity index (χ1v) is 6.80. The molecule has 1 aliphatic carbocycles. The van der Waals surface area contributed by atoms with Gasteiger partial charge in [-0.3, -0.25) is 0 Å². The Morgan fingerprint density at radius 1 is 1.41 bits per heavy atom. The van der Waals surface area contributed by atoms with Crippen LogP contribution in [0.5, 0.6) is 0 Å². The van der Waals surface area contributed by atoms with Gasteiger partial charge in [-0.25, -0.2) is 0 Å². The van der Waals surface area contributed by atoms with Crippen LogP contribution in [0.4, 0.5) is 11.4 Å². The molecule has 4 N–H and O–H groups in total. The Kier molecular flexibility index (Phi) is 3.64. The van der Waals surface area contributed by atoms with E-state index in [1.54, 1.807) is 0 Å². The number of halogens is 1. The van der Waals surface area contributed by atoms with Crippen LogP contribution in [-0.2, 0) is 0 Å². The number of hydrogen-bond donors (Lipinski definition) is 3. The summed E-state index contributed by atoms with van der Waals surface area (Å²) in [6.45, 7) is 2.18. The van der Waals surface area contributed by atoms with E-state index >= 15 is 0 Å². The largest absolute Gasteiger partial charge is 0.398 e. The topological polar surface area (TPSA) is 58.3 Å². The van der Waals surface area contributed by atoms with Crippen LogP contribution in [0.1, 0.15) is 31.2 Å². The van der Waals surface area contributed by atoms with Gasteiger partial charge < -0.3 is 16.2 Å². The number of benzene rings is 1. The zero-order valence-electron chi connectivity index (χ0n) is 10.1. The molecule has 0 bridgehead atoms. The highest BCUT2D eigenvalue weighted by atomic mass is 79.9. The molecule has 3 nitrogen and oxygen atoms in total. The van der Waals surface area contributed by atoms with E-state index in [0.29, 0.717) is 0 Å².